The van der Waals surface area contributed by atoms with Crippen molar-refractivity contribution in [1.82, 2.24) is 20.2 Å². The van der Waals surface area contributed by atoms with E-state index in [9.17, 15) is 9.59 Å². The van der Waals surface area contributed by atoms with Crippen molar-refractivity contribution in [2.45, 2.75) is 6.92 Å². The third-order valence-electron chi connectivity index (χ3n) is 4.24. The van der Waals surface area contributed by atoms with E-state index in [2.05, 4.69) is 25.5 Å². The van der Waals surface area contributed by atoms with Crippen molar-refractivity contribution in [2.24, 2.45) is 0 Å². The van der Waals surface area contributed by atoms with E-state index in [0.717, 1.165) is 38.5 Å². The smallest absolute Gasteiger partial charge is 0.271 e. The van der Waals surface area contributed by atoms with Gasteiger partial charge in [0.05, 0.1) is 25.6 Å². The van der Waals surface area contributed by atoms with E-state index >= 15 is 0 Å². The Bertz CT molecular complexity index is 788. The molecule has 8 heteroatoms. The number of benzene rings is 1. The monoisotopic (exact) mass is 369 g/mol. The molecule has 0 spiro atoms. The van der Waals surface area contributed by atoms with Gasteiger partial charge >= 0.3 is 0 Å². The van der Waals surface area contributed by atoms with Crippen molar-refractivity contribution in [1.29, 1.82) is 0 Å². The van der Waals surface area contributed by atoms with Gasteiger partial charge in [-0.05, 0) is 19.1 Å². The third kappa shape index (κ3) is 5.57. The normalized spacial score (nSPS) is 14.6. The number of hydrogen-bond acceptors (Lipinski definition) is 7. The number of nitrogens with zero attached hydrogens (tertiary/aromatic N) is 3. The molecule has 1 fully saturated rings. The Balaban J connectivity index is 1.51. The lowest BCUT2D eigenvalue weighted by atomic mass is 10.1. The molecule has 0 saturated carbocycles. The lowest BCUT2D eigenvalue weighted by Crippen LogP contribution is -2.41. The van der Waals surface area contributed by atoms with Gasteiger partial charge in [0.1, 0.15) is 11.5 Å². The van der Waals surface area contributed by atoms with E-state index in [1.165, 1.54) is 19.3 Å². The first-order valence-corrected chi connectivity index (χ1v) is 8.90. The van der Waals surface area contributed by atoms with Crippen molar-refractivity contribution in [3.8, 4) is 0 Å². The van der Waals surface area contributed by atoms with Crippen LogP contribution < -0.4 is 10.6 Å². The van der Waals surface area contributed by atoms with Gasteiger partial charge in [-0.2, -0.15) is 0 Å². The number of ether oxygens (including phenoxy) is 1. The maximum atomic E-state index is 12.2. The summed E-state index contributed by atoms with van der Waals surface area (Å²) in [6.07, 6.45) is 2.93. The van der Waals surface area contributed by atoms with Crippen molar-refractivity contribution < 1.29 is 14.3 Å². The van der Waals surface area contributed by atoms with E-state index in [-0.39, 0.29) is 17.4 Å². The highest BCUT2D eigenvalue weighted by molar-refractivity contribution is 5.95. The SMILES string of the molecule is CC(=O)c1cccc(Nc2cnc(C(=O)NCCN3CCOCC3)cn2)c1. The minimum Gasteiger partial charge on any atom is -0.379 e. The summed E-state index contributed by atoms with van der Waals surface area (Å²) in [5.41, 5.74) is 1.61. The van der Waals surface area contributed by atoms with Crippen LogP contribution in [0.5, 0.6) is 0 Å². The number of carbonyl (C=O) groups excluding carboxylic acids is 2. The molecule has 2 N–H and O–H groups in total. The second-order valence-electron chi connectivity index (χ2n) is 6.26. The molecule has 0 bridgehead atoms. The number of anilines is 2. The van der Waals surface area contributed by atoms with Crippen LogP contribution in [-0.4, -0.2) is 66.0 Å². The Hall–Kier alpha value is -2.84. The van der Waals surface area contributed by atoms with Crippen LogP contribution in [-0.2, 0) is 4.74 Å². The maximum absolute atomic E-state index is 12.2. The summed E-state index contributed by atoms with van der Waals surface area (Å²) < 4.78 is 5.30. The number of Topliss-reactive ketones (excluding diaryl/α,β-unsaturated/α-hetero) is 1. The van der Waals surface area contributed by atoms with Crippen LogP contribution in [0.15, 0.2) is 36.7 Å². The van der Waals surface area contributed by atoms with E-state index in [0.29, 0.717) is 17.9 Å². The lowest BCUT2D eigenvalue weighted by Gasteiger charge is -2.26. The zero-order valence-electron chi connectivity index (χ0n) is 15.3. The Morgan fingerprint density at radius 1 is 1.19 bits per heavy atom. The quantitative estimate of drug-likeness (QED) is 0.714. The zero-order chi connectivity index (χ0) is 19.1. The molecule has 1 aliphatic heterocycles. The highest BCUT2D eigenvalue weighted by Crippen LogP contribution is 2.15. The van der Waals surface area contributed by atoms with Gasteiger partial charge in [0.2, 0.25) is 0 Å². The standard InChI is InChI=1S/C19H23N5O3/c1-14(25)15-3-2-4-16(11-15)23-18-13-21-17(12-22-18)19(26)20-5-6-24-7-9-27-10-8-24/h2-4,11-13H,5-10H2,1H3,(H,20,26)(H,22,23). The number of carbonyl (C=O) groups is 2. The van der Waals surface area contributed by atoms with Gasteiger partial charge in [0.15, 0.2) is 5.78 Å². The molecule has 3 rings (SSSR count). The summed E-state index contributed by atoms with van der Waals surface area (Å²) in [5.74, 6) is 0.246. The maximum Gasteiger partial charge on any atom is 0.271 e. The van der Waals surface area contributed by atoms with Gasteiger partial charge in [0, 0.05) is 37.4 Å². The van der Waals surface area contributed by atoms with E-state index < -0.39 is 0 Å². The second-order valence-corrected chi connectivity index (χ2v) is 6.26. The molecular formula is C19H23N5O3. The largest absolute Gasteiger partial charge is 0.379 e. The summed E-state index contributed by atoms with van der Waals surface area (Å²) in [7, 11) is 0. The molecule has 8 nitrogen and oxygen atoms in total. The minimum atomic E-state index is -0.249. The Kier molecular flexibility index (Phi) is 6.45. The van der Waals surface area contributed by atoms with Crippen LogP contribution in [0.3, 0.4) is 0 Å². The fourth-order valence-corrected chi connectivity index (χ4v) is 2.72. The van der Waals surface area contributed by atoms with Gasteiger partial charge in [-0.25, -0.2) is 9.97 Å². The van der Waals surface area contributed by atoms with Gasteiger partial charge in [0.25, 0.3) is 5.91 Å². The summed E-state index contributed by atoms with van der Waals surface area (Å²) in [6, 6.07) is 7.13. The van der Waals surface area contributed by atoms with Crippen molar-refractivity contribution in [3.63, 3.8) is 0 Å². The Labute approximate surface area is 158 Å². The summed E-state index contributed by atoms with van der Waals surface area (Å²) in [6.45, 7) is 6.12. The van der Waals surface area contributed by atoms with Crippen LogP contribution >= 0.6 is 0 Å². The van der Waals surface area contributed by atoms with E-state index in [4.69, 9.17) is 4.74 Å². The first-order valence-electron chi connectivity index (χ1n) is 8.90. The first-order chi connectivity index (χ1) is 13.1. The summed E-state index contributed by atoms with van der Waals surface area (Å²) in [4.78, 5) is 34.2. The number of hydrogen-bond donors (Lipinski definition) is 2. The third-order valence-corrected chi connectivity index (χ3v) is 4.24. The van der Waals surface area contributed by atoms with Gasteiger partial charge in [-0.1, -0.05) is 12.1 Å². The summed E-state index contributed by atoms with van der Waals surface area (Å²) >= 11 is 0. The number of aromatic nitrogens is 2. The molecule has 2 aromatic rings. The number of ketones is 1. The lowest BCUT2D eigenvalue weighted by molar-refractivity contribution is 0.0383. The Morgan fingerprint density at radius 3 is 2.70 bits per heavy atom. The molecule has 142 valence electrons. The second kappa shape index (κ2) is 9.20. The number of nitrogens with one attached hydrogen (secondary N) is 2. The topological polar surface area (TPSA) is 96.5 Å². The van der Waals surface area contributed by atoms with Crippen molar-refractivity contribution in [3.05, 3.63) is 47.9 Å². The van der Waals surface area contributed by atoms with Crippen molar-refractivity contribution in [2.75, 3.05) is 44.7 Å². The number of amides is 1. The molecule has 1 amide bonds. The van der Waals surface area contributed by atoms with Crippen LogP contribution in [0.2, 0.25) is 0 Å². The average molecular weight is 369 g/mol. The fourth-order valence-electron chi connectivity index (χ4n) is 2.72. The fraction of sp³-hybridized carbons (Fsp3) is 0.368. The van der Waals surface area contributed by atoms with Gasteiger partial charge in [-0.15, -0.1) is 0 Å². The van der Waals surface area contributed by atoms with Gasteiger partial charge in [-0.3, -0.25) is 14.5 Å². The molecule has 1 aliphatic rings. The molecular weight excluding hydrogens is 346 g/mol. The Morgan fingerprint density at radius 2 is 2.00 bits per heavy atom. The average Bonchev–Trinajstić information content (AvgIpc) is 2.69. The molecule has 0 aliphatic carbocycles. The molecule has 1 saturated heterocycles. The number of rotatable bonds is 7. The van der Waals surface area contributed by atoms with Crippen molar-refractivity contribution >= 4 is 23.2 Å². The molecule has 0 radical (unpaired) electrons. The molecule has 27 heavy (non-hydrogen) atoms. The van der Waals surface area contributed by atoms with Crippen LogP contribution in [0.4, 0.5) is 11.5 Å². The molecule has 0 atom stereocenters. The predicted molar refractivity (Wildman–Crippen MR) is 101 cm³/mol. The van der Waals surface area contributed by atoms with Crippen LogP contribution in [0.1, 0.15) is 27.8 Å². The van der Waals surface area contributed by atoms with Crippen LogP contribution in [0.25, 0.3) is 0 Å². The molecule has 2 heterocycles. The minimum absolute atomic E-state index is 0.00571. The predicted octanol–water partition coefficient (Wildman–Crippen LogP) is 1.48. The van der Waals surface area contributed by atoms with Gasteiger partial charge < -0.3 is 15.4 Å². The molecule has 1 aromatic carbocycles. The first kappa shape index (κ1) is 18.9. The zero-order valence-corrected chi connectivity index (χ0v) is 15.3. The van der Waals surface area contributed by atoms with Crippen LogP contribution in [0, 0.1) is 0 Å². The number of morpholine rings is 1. The van der Waals surface area contributed by atoms with E-state index in [1.54, 1.807) is 18.2 Å². The van der Waals surface area contributed by atoms with E-state index in [1.807, 2.05) is 6.07 Å². The molecule has 0 unspecified atom stereocenters. The molecule has 1 aromatic heterocycles. The highest BCUT2D eigenvalue weighted by Gasteiger charge is 2.12. The summed E-state index contributed by atoms with van der Waals surface area (Å²) in [5, 5.41) is 5.93. The highest BCUT2D eigenvalue weighted by atomic mass is 16.5.